The molecule has 0 aliphatic rings. The van der Waals surface area contributed by atoms with Gasteiger partial charge in [-0.1, -0.05) is 101 Å². The first kappa shape index (κ1) is 31.1. The van der Waals surface area contributed by atoms with Gasteiger partial charge in [0.1, 0.15) is 0 Å². The monoisotopic (exact) mass is 542 g/mol. The largest absolute Gasteiger partial charge is 0.478 e. The summed E-state index contributed by atoms with van der Waals surface area (Å²) in [5.74, 6) is -0.888. The number of carbonyl (C=O) groups is 2. The number of hydrogen-bond donors (Lipinski definition) is 1. The predicted molar refractivity (Wildman–Crippen MR) is 164 cm³/mol. The second-order valence-electron chi connectivity index (χ2n) is 10.9. The zero-order chi connectivity index (χ0) is 28.7. The standard InChI is InChI=1S/C36H46O4/c1-4-6-8-10-16-27(3)40-36(39)34-23-14-13-22-33(34)29(17-7-5-2)20-15-21-30-26-31(35(37)38)24-25-32(30)28-18-11-9-12-19-28/h9,11-14,18-19,22-27,29H,4-8,10,15-17,20-21H2,1-3H3,(H,37,38). The first-order valence-electron chi connectivity index (χ1n) is 15.2. The lowest BCUT2D eigenvalue weighted by Crippen LogP contribution is -2.17. The van der Waals surface area contributed by atoms with Gasteiger partial charge in [-0.05, 0) is 91.8 Å². The lowest BCUT2D eigenvalue weighted by Gasteiger charge is -2.22. The molecule has 0 heterocycles. The number of rotatable bonds is 17. The van der Waals surface area contributed by atoms with Gasteiger partial charge in [0.15, 0.2) is 0 Å². The summed E-state index contributed by atoms with van der Waals surface area (Å²) < 4.78 is 5.89. The summed E-state index contributed by atoms with van der Waals surface area (Å²) in [7, 11) is 0. The van der Waals surface area contributed by atoms with Crippen LogP contribution < -0.4 is 0 Å². The summed E-state index contributed by atoms with van der Waals surface area (Å²) in [6, 6.07) is 23.5. The van der Waals surface area contributed by atoms with Crippen LogP contribution >= 0.6 is 0 Å². The second kappa shape index (κ2) is 16.6. The van der Waals surface area contributed by atoms with E-state index >= 15 is 0 Å². The molecule has 3 aromatic rings. The van der Waals surface area contributed by atoms with Crippen molar-refractivity contribution in [1.29, 1.82) is 0 Å². The fourth-order valence-electron chi connectivity index (χ4n) is 5.48. The Morgan fingerprint density at radius 1 is 0.775 bits per heavy atom. The summed E-state index contributed by atoms with van der Waals surface area (Å²) in [5.41, 5.74) is 5.28. The van der Waals surface area contributed by atoms with Crippen molar-refractivity contribution >= 4 is 11.9 Å². The molecule has 40 heavy (non-hydrogen) atoms. The molecule has 214 valence electrons. The molecule has 1 N–H and O–H groups in total. The highest BCUT2D eigenvalue weighted by Crippen LogP contribution is 2.33. The summed E-state index contributed by atoms with van der Waals surface area (Å²) >= 11 is 0. The van der Waals surface area contributed by atoms with Crippen LogP contribution in [-0.4, -0.2) is 23.1 Å². The van der Waals surface area contributed by atoms with Crippen molar-refractivity contribution in [2.75, 3.05) is 0 Å². The van der Waals surface area contributed by atoms with Gasteiger partial charge in [0.05, 0.1) is 17.2 Å². The minimum atomic E-state index is -0.909. The molecule has 2 unspecified atom stereocenters. The Hall–Kier alpha value is -3.40. The van der Waals surface area contributed by atoms with Gasteiger partial charge in [-0.25, -0.2) is 9.59 Å². The second-order valence-corrected chi connectivity index (χ2v) is 10.9. The van der Waals surface area contributed by atoms with Gasteiger partial charge in [0, 0.05) is 0 Å². The third kappa shape index (κ3) is 9.36. The van der Waals surface area contributed by atoms with E-state index in [1.807, 2.05) is 55.5 Å². The van der Waals surface area contributed by atoms with Crippen LogP contribution in [0.3, 0.4) is 0 Å². The number of carboxylic acid groups (broad SMARTS) is 1. The fourth-order valence-corrected chi connectivity index (χ4v) is 5.48. The van der Waals surface area contributed by atoms with E-state index in [2.05, 4.69) is 32.0 Å². The maximum absolute atomic E-state index is 13.3. The number of esters is 1. The Kier molecular flexibility index (Phi) is 13.0. The zero-order valence-corrected chi connectivity index (χ0v) is 24.5. The van der Waals surface area contributed by atoms with Crippen LogP contribution in [0.5, 0.6) is 0 Å². The average molecular weight is 543 g/mol. The van der Waals surface area contributed by atoms with E-state index < -0.39 is 5.97 Å². The number of carboxylic acids is 1. The van der Waals surface area contributed by atoms with Crippen molar-refractivity contribution in [2.45, 2.75) is 103 Å². The van der Waals surface area contributed by atoms with Crippen LogP contribution in [0.15, 0.2) is 72.8 Å². The minimum absolute atomic E-state index is 0.0931. The molecule has 2 atom stereocenters. The third-order valence-corrected chi connectivity index (χ3v) is 7.73. The Balaban J connectivity index is 1.76. The van der Waals surface area contributed by atoms with E-state index in [1.54, 1.807) is 6.07 Å². The van der Waals surface area contributed by atoms with Crippen LogP contribution in [0.25, 0.3) is 11.1 Å². The van der Waals surface area contributed by atoms with E-state index in [1.165, 1.54) is 19.3 Å². The lowest BCUT2D eigenvalue weighted by molar-refractivity contribution is 0.0317. The molecule has 0 aliphatic heterocycles. The average Bonchev–Trinajstić information content (AvgIpc) is 2.97. The quantitative estimate of drug-likeness (QED) is 0.136. The highest BCUT2D eigenvalue weighted by atomic mass is 16.5. The number of aromatic carboxylic acids is 1. The van der Waals surface area contributed by atoms with Crippen LogP contribution in [0.4, 0.5) is 0 Å². The summed E-state index contributed by atoms with van der Waals surface area (Å²) in [4.78, 5) is 25.0. The molecule has 0 bridgehead atoms. The van der Waals surface area contributed by atoms with Crippen LogP contribution in [0, 0.1) is 0 Å². The summed E-state index contributed by atoms with van der Waals surface area (Å²) in [6.07, 6.45) is 11.3. The molecular formula is C36H46O4. The van der Waals surface area contributed by atoms with Crippen LogP contribution in [0.1, 0.15) is 123 Å². The number of carbonyl (C=O) groups excluding carboxylic acids is 1. The maximum Gasteiger partial charge on any atom is 0.338 e. The predicted octanol–water partition coefficient (Wildman–Crippen LogP) is 9.86. The maximum atomic E-state index is 13.3. The van der Waals surface area contributed by atoms with Crippen molar-refractivity contribution in [3.63, 3.8) is 0 Å². The molecule has 3 rings (SSSR count). The molecule has 0 amide bonds. The molecule has 4 nitrogen and oxygen atoms in total. The lowest BCUT2D eigenvalue weighted by atomic mass is 9.85. The Morgan fingerprint density at radius 3 is 2.20 bits per heavy atom. The smallest absolute Gasteiger partial charge is 0.338 e. The first-order chi connectivity index (χ1) is 19.4. The van der Waals surface area contributed by atoms with Crippen LogP contribution in [0.2, 0.25) is 0 Å². The van der Waals surface area contributed by atoms with Gasteiger partial charge in [0.25, 0.3) is 0 Å². The van der Waals surface area contributed by atoms with Gasteiger partial charge >= 0.3 is 11.9 Å². The molecule has 0 saturated carbocycles. The number of ether oxygens (including phenoxy) is 1. The Morgan fingerprint density at radius 2 is 1.48 bits per heavy atom. The Labute approximate surface area is 240 Å². The fraction of sp³-hybridized carbons (Fsp3) is 0.444. The van der Waals surface area contributed by atoms with Crippen LogP contribution in [-0.2, 0) is 11.2 Å². The van der Waals surface area contributed by atoms with E-state index in [0.29, 0.717) is 11.1 Å². The molecule has 0 saturated heterocycles. The van der Waals surface area contributed by atoms with E-state index in [9.17, 15) is 14.7 Å². The molecule has 0 aromatic heterocycles. The summed E-state index contributed by atoms with van der Waals surface area (Å²) in [6.45, 7) is 6.39. The molecule has 0 spiro atoms. The first-order valence-corrected chi connectivity index (χ1v) is 15.2. The molecule has 0 fully saturated rings. The summed E-state index contributed by atoms with van der Waals surface area (Å²) in [5, 5.41) is 9.60. The van der Waals surface area contributed by atoms with E-state index in [-0.39, 0.29) is 18.0 Å². The number of hydrogen-bond acceptors (Lipinski definition) is 3. The van der Waals surface area contributed by atoms with Crippen molar-refractivity contribution in [3.05, 3.63) is 95.1 Å². The molecule has 4 heteroatoms. The van der Waals surface area contributed by atoms with Gasteiger partial charge in [0.2, 0.25) is 0 Å². The number of aryl methyl sites for hydroxylation is 1. The van der Waals surface area contributed by atoms with Gasteiger partial charge < -0.3 is 9.84 Å². The SMILES string of the molecule is CCCCCCC(C)OC(=O)c1ccccc1C(CCCC)CCCc1cc(C(=O)O)ccc1-c1ccccc1. The molecular weight excluding hydrogens is 496 g/mol. The van der Waals surface area contributed by atoms with Crippen molar-refractivity contribution in [1.82, 2.24) is 0 Å². The third-order valence-electron chi connectivity index (χ3n) is 7.73. The van der Waals surface area contributed by atoms with E-state index in [0.717, 1.165) is 73.6 Å². The highest BCUT2D eigenvalue weighted by molar-refractivity contribution is 5.91. The molecule has 0 aliphatic carbocycles. The van der Waals surface area contributed by atoms with Gasteiger partial charge in [-0.2, -0.15) is 0 Å². The normalized spacial score (nSPS) is 12.6. The number of unbranched alkanes of at least 4 members (excludes halogenated alkanes) is 4. The number of benzene rings is 3. The zero-order valence-electron chi connectivity index (χ0n) is 24.5. The van der Waals surface area contributed by atoms with Crippen molar-refractivity contribution in [3.8, 4) is 11.1 Å². The van der Waals surface area contributed by atoms with Gasteiger partial charge in [-0.15, -0.1) is 0 Å². The molecule has 3 aromatic carbocycles. The van der Waals surface area contributed by atoms with Crippen molar-refractivity contribution in [2.24, 2.45) is 0 Å². The molecule has 0 radical (unpaired) electrons. The van der Waals surface area contributed by atoms with Gasteiger partial charge in [-0.3, -0.25) is 0 Å². The highest BCUT2D eigenvalue weighted by Gasteiger charge is 2.21. The minimum Gasteiger partial charge on any atom is -0.478 e. The van der Waals surface area contributed by atoms with E-state index in [4.69, 9.17) is 4.74 Å². The topological polar surface area (TPSA) is 63.6 Å². The Bertz CT molecular complexity index is 1200. The van der Waals surface area contributed by atoms with Crippen molar-refractivity contribution < 1.29 is 19.4 Å².